The average molecular weight is 238 g/mol. The van der Waals surface area contributed by atoms with Gasteiger partial charge in [-0.3, -0.25) is 9.48 Å². The molecule has 1 aromatic heterocycles. The van der Waals surface area contributed by atoms with Crippen LogP contribution in [0.15, 0.2) is 12.3 Å². The van der Waals surface area contributed by atoms with Crippen LogP contribution in [0.1, 0.15) is 19.8 Å². The number of nitrogens with two attached hydrogens (primary N) is 1. The smallest absolute Gasteiger partial charge is 0.242 e. The van der Waals surface area contributed by atoms with Crippen molar-refractivity contribution in [2.75, 3.05) is 18.9 Å². The summed E-state index contributed by atoms with van der Waals surface area (Å²) < 4.78 is 6.91. The van der Waals surface area contributed by atoms with E-state index in [9.17, 15) is 4.79 Å². The molecule has 1 aliphatic heterocycles. The second-order valence-electron chi connectivity index (χ2n) is 4.70. The van der Waals surface area contributed by atoms with E-state index < -0.39 is 0 Å². The summed E-state index contributed by atoms with van der Waals surface area (Å²) in [5.74, 6) is 0.353. The molecule has 0 saturated carbocycles. The first-order valence-electron chi connectivity index (χ1n) is 5.75. The van der Waals surface area contributed by atoms with Gasteiger partial charge >= 0.3 is 0 Å². The van der Waals surface area contributed by atoms with Gasteiger partial charge in [-0.15, -0.1) is 0 Å². The topological polar surface area (TPSA) is 82.2 Å². The van der Waals surface area contributed by atoms with E-state index in [1.165, 1.54) is 4.68 Å². The van der Waals surface area contributed by atoms with E-state index in [-0.39, 0.29) is 18.0 Å². The molecule has 0 radical (unpaired) electrons. The molecule has 1 atom stereocenters. The zero-order valence-electron chi connectivity index (χ0n) is 9.98. The van der Waals surface area contributed by atoms with Crippen LogP contribution in [0, 0.1) is 0 Å². The van der Waals surface area contributed by atoms with Gasteiger partial charge in [0.25, 0.3) is 0 Å². The molecule has 17 heavy (non-hydrogen) atoms. The summed E-state index contributed by atoms with van der Waals surface area (Å²) in [6.07, 6.45) is 3.61. The Hall–Kier alpha value is -1.56. The molecule has 3 N–H and O–H groups in total. The maximum absolute atomic E-state index is 11.8. The summed E-state index contributed by atoms with van der Waals surface area (Å²) in [6, 6.07) is 1.67. The van der Waals surface area contributed by atoms with Crippen LogP contribution in [0.25, 0.3) is 0 Å². The molecule has 0 aromatic carbocycles. The molecule has 0 aliphatic carbocycles. The molecule has 1 fully saturated rings. The van der Waals surface area contributed by atoms with Gasteiger partial charge in [-0.1, -0.05) is 0 Å². The van der Waals surface area contributed by atoms with Gasteiger partial charge in [-0.05, 0) is 25.8 Å². The summed E-state index contributed by atoms with van der Waals surface area (Å²) in [6.45, 7) is 3.54. The number of nitrogen functional groups attached to an aromatic ring is 1. The predicted octanol–water partition coefficient (Wildman–Crippen LogP) is 0.151. The van der Waals surface area contributed by atoms with Gasteiger partial charge in [0.15, 0.2) is 0 Å². The SMILES string of the molecule is CC1(NC(=O)Cn2ccc(N)n2)CCCOC1. The Morgan fingerprint density at radius 1 is 1.76 bits per heavy atom. The van der Waals surface area contributed by atoms with Crippen molar-refractivity contribution >= 4 is 11.7 Å². The summed E-state index contributed by atoms with van der Waals surface area (Å²) in [5.41, 5.74) is 5.22. The first-order chi connectivity index (χ1) is 8.07. The lowest BCUT2D eigenvalue weighted by Crippen LogP contribution is -2.52. The van der Waals surface area contributed by atoms with Crippen molar-refractivity contribution in [2.24, 2.45) is 0 Å². The molecule has 0 spiro atoms. The zero-order valence-corrected chi connectivity index (χ0v) is 9.98. The number of aromatic nitrogens is 2. The van der Waals surface area contributed by atoms with Crippen LogP contribution >= 0.6 is 0 Å². The minimum Gasteiger partial charge on any atom is -0.382 e. The summed E-state index contributed by atoms with van der Waals surface area (Å²) in [5, 5.41) is 6.96. The van der Waals surface area contributed by atoms with E-state index in [4.69, 9.17) is 10.5 Å². The van der Waals surface area contributed by atoms with Crippen molar-refractivity contribution in [3.63, 3.8) is 0 Å². The van der Waals surface area contributed by atoms with Crippen molar-refractivity contribution in [3.05, 3.63) is 12.3 Å². The lowest BCUT2D eigenvalue weighted by molar-refractivity contribution is -0.125. The fourth-order valence-electron chi connectivity index (χ4n) is 2.02. The Labute approximate surface area is 100 Å². The summed E-state index contributed by atoms with van der Waals surface area (Å²) in [7, 11) is 0. The molecule has 0 bridgehead atoms. The van der Waals surface area contributed by atoms with Crippen LogP contribution in [0.2, 0.25) is 0 Å². The van der Waals surface area contributed by atoms with Crippen LogP contribution in [-0.4, -0.2) is 34.4 Å². The van der Waals surface area contributed by atoms with Crippen molar-refractivity contribution in [1.82, 2.24) is 15.1 Å². The Morgan fingerprint density at radius 3 is 3.18 bits per heavy atom. The number of nitrogens with one attached hydrogen (secondary N) is 1. The first-order valence-corrected chi connectivity index (χ1v) is 5.75. The predicted molar refractivity (Wildman–Crippen MR) is 63.2 cm³/mol. The molecule has 1 saturated heterocycles. The van der Waals surface area contributed by atoms with Gasteiger partial charge in [-0.2, -0.15) is 5.10 Å². The fraction of sp³-hybridized carbons (Fsp3) is 0.636. The van der Waals surface area contributed by atoms with Gasteiger partial charge in [-0.25, -0.2) is 0 Å². The minimum atomic E-state index is -0.256. The highest BCUT2D eigenvalue weighted by Crippen LogP contribution is 2.18. The van der Waals surface area contributed by atoms with Gasteiger partial charge in [0.2, 0.25) is 5.91 Å². The second kappa shape index (κ2) is 4.75. The Bertz CT molecular complexity index is 396. The zero-order chi connectivity index (χ0) is 12.3. The van der Waals surface area contributed by atoms with E-state index >= 15 is 0 Å². The molecule has 1 unspecified atom stereocenters. The summed E-state index contributed by atoms with van der Waals surface area (Å²) in [4.78, 5) is 11.8. The fourth-order valence-corrected chi connectivity index (χ4v) is 2.02. The molecule has 2 heterocycles. The molecule has 1 amide bonds. The van der Waals surface area contributed by atoms with Crippen LogP contribution in [0.3, 0.4) is 0 Å². The Balaban J connectivity index is 1.88. The van der Waals surface area contributed by atoms with Gasteiger partial charge in [0.05, 0.1) is 12.1 Å². The van der Waals surface area contributed by atoms with E-state index in [0.717, 1.165) is 19.4 Å². The molecular formula is C11H18N4O2. The Kier molecular flexibility index (Phi) is 3.33. The quantitative estimate of drug-likeness (QED) is 0.785. The third-order valence-corrected chi connectivity index (χ3v) is 2.85. The molecule has 1 aromatic rings. The maximum Gasteiger partial charge on any atom is 0.242 e. The monoisotopic (exact) mass is 238 g/mol. The van der Waals surface area contributed by atoms with Crippen LogP contribution in [0.5, 0.6) is 0 Å². The highest BCUT2D eigenvalue weighted by molar-refractivity contribution is 5.76. The van der Waals surface area contributed by atoms with Crippen LogP contribution in [0.4, 0.5) is 5.82 Å². The van der Waals surface area contributed by atoms with E-state index in [0.29, 0.717) is 12.4 Å². The van der Waals surface area contributed by atoms with Crippen molar-refractivity contribution in [2.45, 2.75) is 31.8 Å². The lowest BCUT2D eigenvalue weighted by atomic mass is 9.95. The second-order valence-corrected chi connectivity index (χ2v) is 4.70. The minimum absolute atomic E-state index is 0.0684. The maximum atomic E-state index is 11.8. The number of rotatable bonds is 3. The molecular weight excluding hydrogens is 220 g/mol. The van der Waals surface area contributed by atoms with Crippen molar-refractivity contribution in [1.29, 1.82) is 0 Å². The largest absolute Gasteiger partial charge is 0.382 e. The normalized spacial score (nSPS) is 24.5. The highest BCUT2D eigenvalue weighted by atomic mass is 16.5. The van der Waals surface area contributed by atoms with Crippen molar-refractivity contribution < 1.29 is 9.53 Å². The number of ether oxygens (including phenoxy) is 1. The number of nitrogens with zero attached hydrogens (tertiary/aromatic N) is 2. The third-order valence-electron chi connectivity index (χ3n) is 2.85. The van der Waals surface area contributed by atoms with Gasteiger partial charge < -0.3 is 15.8 Å². The molecule has 6 heteroatoms. The average Bonchev–Trinajstić information content (AvgIpc) is 2.63. The highest BCUT2D eigenvalue weighted by Gasteiger charge is 2.29. The van der Waals surface area contributed by atoms with E-state index in [2.05, 4.69) is 10.4 Å². The van der Waals surface area contributed by atoms with Gasteiger partial charge in [0, 0.05) is 12.8 Å². The molecule has 2 rings (SSSR count). The number of hydrogen-bond donors (Lipinski definition) is 2. The van der Waals surface area contributed by atoms with E-state index in [1.807, 2.05) is 6.92 Å². The van der Waals surface area contributed by atoms with Gasteiger partial charge in [0.1, 0.15) is 12.4 Å². The first kappa shape index (κ1) is 11.9. The Morgan fingerprint density at radius 2 is 2.59 bits per heavy atom. The number of hydrogen-bond acceptors (Lipinski definition) is 4. The lowest BCUT2D eigenvalue weighted by Gasteiger charge is -2.34. The molecule has 6 nitrogen and oxygen atoms in total. The standard InChI is InChI=1S/C11H18N4O2/c1-11(4-2-6-17-8-11)13-10(16)7-15-5-3-9(12)14-15/h3,5H,2,4,6-8H2,1H3,(H2,12,14)(H,13,16). The number of amides is 1. The molecule has 1 aliphatic rings. The summed E-state index contributed by atoms with van der Waals surface area (Å²) >= 11 is 0. The number of carbonyl (C=O) groups excluding carboxylic acids is 1. The number of carbonyl (C=O) groups is 1. The van der Waals surface area contributed by atoms with Crippen LogP contribution in [-0.2, 0) is 16.1 Å². The van der Waals surface area contributed by atoms with Crippen LogP contribution < -0.4 is 11.1 Å². The molecule has 94 valence electrons. The third kappa shape index (κ3) is 3.20. The van der Waals surface area contributed by atoms with Crippen molar-refractivity contribution in [3.8, 4) is 0 Å². The van der Waals surface area contributed by atoms with E-state index in [1.54, 1.807) is 12.3 Å². The number of anilines is 1.